The number of rotatable bonds is 5. The first-order chi connectivity index (χ1) is 8.60. The van der Waals surface area contributed by atoms with Crippen molar-refractivity contribution in [3.8, 4) is 0 Å². The number of hydrogen-bond acceptors (Lipinski definition) is 2. The number of anilines is 1. The average molecular weight is 291 g/mol. The van der Waals surface area contributed by atoms with Crippen molar-refractivity contribution in [1.29, 1.82) is 0 Å². The van der Waals surface area contributed by atoms with Crippen LogP contribution in [0.3, 0.4) is 0 Å². The number of aliphatic hydroxyl groups excluding tert-OH is 1. The van der Waals surface area contributed by atoms with E-state index in [2.05, 4.69) is 5.32 Å². The van der Waals surface area contributed by atoms with Crippen molar-refractivity contribution in [3.05, 3.63) is 28.2 Å². The highest BCUT2D eigenvalue weighted by Gasteiger charge is 2.14. The standard InChI is InChI=1S/C12H16Cl2N2O2/c1-2-6-16(7-8-17)12(18)15-10-5-3-4-9(13)11(10)14/h3-5,17H,2,6-8H2,1H3,(H,15,18). The van der Waals surface area contributed by atoms with Crippen LogP contribution in [0.25, 0.3) is 0 Å². The molecule has 6 heteroatoms. The summed E-state index contributed by atoms with van der Waals surface area (Å²) >= 11 is 11.8. The van der Waals surface area contributed by atoms with Crippen LogP contribution >= 0.6 is 23.2 Å². The van der Waals surface area contributed by atoms with Crippen molar-refractivity contribution in [2.45, 2.75) is 13.3 Å². The van der Waals surface area contributed by atoms with Gasteiger partial charge in [0.25, 0.3) is 0 Å². The van der Waals surface area contributed by atoms with Gasteiger partial charge >= 0.3 is 6.03 Å². The lowest BCUT2D eigenvalue weighted by atomic mass is 10.3. The van der Waals surface area contributed by atoms with E-state index in [0.29, 0.717) is 22.3 Å². The van der Waals surface area contributed by atoms with Gasteiger partial charge in [-0.3, -0.25) is 0 Å². The first-order valence-electron chi connectivity index (χ1n) is 5.71. The van der Waals surface area contributed by atoms with Crippen LogP contribution in [0.2, 0.25) is 10.0 Å². The molecular weight excluding hydrogens is 275 g/mol. The molecule has 100 valence electrons. The second-order valence-electron chi connectivity index (χ2n) is 3.74. The molecule has 0 radical (unpaired) electrons. The number of benzene rings is 1. The van der Waals surface area contributed by atoms with Crippen molar-refractivity contribution in [2.24, 2.45) is 0 Å². The normalized spacial score (nSPS) is 10.2. The fraction of sp³-hybridized carbons (Fsp3) is 0.417. The van der Waals surface area contributed by atoms with E-state index in [1.165, 1.54) is 4.90 Å². The summed E-state index contributed by atoms with van der Waals surface area (Å²) < 4.78 is 0. The second-order valence-corrected chi connectivity index (χ2v) is 4.53. The van der Waals surface area contributed by atoms with Gasteiger partial charge in [0, 0.05) is 13.1 Å². The van der Waals surface area contributed by atoms with E-state index in [9.17, 15) is 4.79 Å². The maximum absolute atomic E-state index is 12.0. The molecule has 1 aromatic carbocycles. The van der Waals surface area contributed by atoms with Gasteiger partial charge in [-0.1, -0.05) is 36.2 Å². The summed E-state index contributed by atoms with van der Waals surface area (Å²) in [6.07, 6.45) is 0.816. The molecule has 1 aromatic rings. The minimum atomic E-state index is -0.296. The van der Waals surface area contributed by atoms with E-state index >= 15 is 0 Å². The van der Waals surface area contributed by atoms with Gasteiger partial charge in [-0.2, -0.15) is 0 Å². The first-order valence-corrected chi connectivity index (χ1v) is 6.46. The molecule has 0 spiro atoms. The van der Waals surface area contributed by atoms with Gasteiger partial charge in [0.2, 0.25) is 0 Å². The molecule has 2 N–H and O–H groups in total. The van der Waals surface area contributed by atoms with E-state index in [1.54, 1.807) is 18.2 Å². The van der Waals surface area contributed by atoms with Gasteiger partial charge in [0.15, 0.2) is 0 Å². The van der Waals surface area contributed by atoms with Crippen molar-refractivity contribution in [1.82, 2.24) is 4.90 Å². The second kappa shape index (κ2) is 7.46. The quantitative estimate of drug-likeness (QED) is 0.875. The third-order valence-corrected chi connectivity index (χ3v) is 3.16. The fourth-order valence-corrected chi connectivity index (χ4v) is 1.85. The Morgan fingerprint density at radius 1 is 1.39 bits per heavy atom. The molecule has 0 aromatic heterocycles. The lowest BCUT2D eigenvalue weighted by molar-refractivity contribution is 0.188. The van der Waals surface area contributed by atoms with Gasteiger partial charge in [-0.15, -0.1) is 0 Å². The number of aliphatic hydroxyl groups is 1. The Labute approximate surface area is 116 Å². The number of carbonyl (C=O) groups excluding carboxylic acids is 1. The summed E-state index contributed by atoms with van der Waals surface area (Å²) in [5.74, 6) is 0. The molecule has 0 bridgehead atoms. The van der Waals surface area contributed by atoms with Gasteiger partial charge in [-0.05, 0) is 18.6 Å². The molecule has 0 atom stereocenters. The van der Waals surface area contributed by atoms with Crippen molar-refractivity contribution in [3.63, 3.8) is 0 Å². The van der Waals surface area contributed by atoms with E-state index in [-0.39, 0.29) is 19.2 Å². The number of urea groups is 1. The molecule has 0 aliphatic carbocycles. The van der Waals surface area contributed by atoms with Crippen LogP contribution in [-0.2, 0) is 0 Å². The summed E-state index contributed by atoms with van der Waals surface area (Å²) in [4.78, 5) is 13.5. The maximum atomic E-state index is 12.0. The number of carbonyl (C=O) groups is 1. The largest absolute Gasteiger partial charge is 0.395 e. The molecule has 0 fully saturated rings. The van der Waals surface area contributed by atoms with Crippen molar-refractivity contribution < 1.29 is 9.90 Å². The summed E-state index contributed by atoms with van der Waals surface area (Å²) in [5, 5.41) is 12.3. The monoisotopic (exact) mass is 290 g/mol. The Kier molecular flexibility index (Phi) is 6.25. The lowest BCUT2D eigenvalue weighted by Crippen LogP contribution is -2.37. The van der Waals surface area contributed by atoms with Crippen LogP contribution in [0.1, 0.15) is 13.3 Å². The molecule has 0 aliphatic rings. The molecule has 4 nitrogen and oxygen atoms in total. The van der Waals surface area contributed by atoms with Crippen LogP contribution < -0.4 is 5.32 Å². The lowest BCUT2D eigenvalue weighted by Gasteiger charge is -2.21. The molecule has 0 saturated heterocycles. The van der Waals surface area contributed by atoms with Crippen molar-refractivity contribution in [2.75, 3.05) is 25.0 Å². The predicted octanol–water partition coefficient (Wildman–Crippen LogP) is 3.23. The highest BCUT2D eigenvalue weighted by molar-refractivity contribution is 6.43. The maximum Gasteiger partial charge on any atom is 0.321 e. The van der Waals surface area contributed by atoms with Crippen LogP contribution in [0.15, 0.2) is 18.2 Å². The zero-order valence-corrected chi connectivity index (χ0v) is 11.6. The smallest absolute Gasteiger partial charge is 0.321 e. The summed E-state index contributed by atoms with van der Waals surface area (Å²) in [5.41, 5.74) is 0.466. The number of amides is 2. The van der Waals surface area contributed by atoms with Gasteiger partial charge in [0.05, 0.1) is 22.3 Å². The molecular formula is C12H16Cl2N2O2. The fourth-order valence-electron chi connectivity index (χ4n) is 1.50. The first kappa shape index (κ1) is 15.1. The highest BCUT2D eigenvalue weighted by Crippen LogP contribution is 2.29. The van der Waals surface area contributed by atoms with E-state index < -0.39 is 0 Å². The van der Waals surface area contributed by atoms with Crippen LogP contribution in [0.5, 0.6) is 0 Å². The number of hydrogen-bond donors (Lipinski definition) is 2. The SMILES string of the molecule is CCCN(CCO)C(=O)Nc1cccc(Cl)c1Cl. The van der Waals surface area contributed by atoms with Crippen LogP contribution in [-0.4, -0.2) is 35.7 Å². The molecule has 0 saturated carbocycles. The van der Waals surface area contributed by atoms with E-state index in [1.807, 2.05) is 6.92 Å². The van der Waals surface area contributed by atoms with E-state index in [4.69, 9.17) is 28.3 Å². The minimum absolute atomic E-state index is 0.0727. The zero-order chi connectivity index (χ0) is 13.5. The molecule has 0 aliphatic heterocycles. The molecule has 2 amide bonds. The Morgan fingerprint density at radius 3 is 2.72 bits per heavy atom. The Hall–Kier alpha value is -0.970. The third kappa shape index (κ3) is 4.05. The van der Waals surface area contributed by atoms with Gasteiger partial charge in [-0.25, -0.2) is 4.79 Å². The van der Waals surface area contributed by atoms with Crippen molar-refractivity contribution >= 4 is 34.9 Å². The highest BCUT2D eigenvalue weighted by atomic mass is 35.5. The Balaban J connectivity index is 2.75. The third-order valence-electron chi connectivity index (χ3n) is 2.34. The molecule has 0 unspecified atom stereocenters. The zero-order valence-electron chi connectivity index (χ0n) is 10.1. The topological polar surface area (TPSA) is 52.6 Å². The summed E-state index contributed by atoms with van der Waals surface area (Å²) in [7, 11) is 0. The predicted molar refractivity (Wildman–Crippen MR) is 74.4 cm³/mol. The van der Waals surface area contributed by atoms with Gasteiger partial charge < -0.3 is 15.3 Å². The molecule has 0 heterocycles. The Bertz CT molecular complexity index is 407. The summed E-state index contributed by atoms with van der Waals surface area (Å²) in [6.45, 7) is 2.75. The molecule has 1 rings (SSSR count). The van der Waals surface area contributed by atoms with Crippen LogP contribution in [0, 0.1) is 0 Å². The average Bonchev–Trinajstić information content (AvgIpc) is 2.34. The number of nitrogens with zero attached hydrogens (tertiary/aromatic N) is 1. The van der Waals surface area contributed by atoms with Crippen LogP contribution in [0.4, 0.5) is 10.5 Å². The van der Waals surface area contributed by atoms with Gasteiger partial charge in [0.1, 0.15) is 0 Å². The summed E-state index contributed by atoms with van der Waals surface area (Å²) in [6, 6.07) is 4.74. The number of nitrogens with one attached hydrogen (secondary N) is 1. The van der Waals surface area contributed by atoms with E-state index in [0.717, 1.165) is 6.42 Å². The Morgan fingerprint density at radius 2 is 2.11 bits per heavy atom. The number of halogens is 2. The minimum Gasteiger partial charge on any atom is -0.395 e. The molecule has 18 heavy (non-hydrogen) atoms.